The maximum Gasteiger partial charge on any atom is 0.341 e. The summed E-state index contributed by atoms with van der Waals surface area (Å²) < 4.78 is 19.5. The number of esters is 1. The first-order chi connectivity index (χ1) is 13.9. The second-order valence-electron chi connectivity index (χ2n) is 7.14. The second-order valence-corrected chi connectivity index (χ2v) is 8.06. The number of fused-ring (bicyclic) bond motifs is 1. The van der Waals surface area contributed by atoms with Gasteiger partial charge >= 0.3 is 5.97 Å². The van der Waals surface area contributed by atoms with Crippen molar-refractivity contribution in [2.75, 3.05) is 16.8 Å². The van der Waals surface area contributed by atoms with Gasteiger partial charge in [-0.25, -0.2) is 9.18 Å². The first kappa shape index (κ1) is 19.6. The molecule has 2 aromatic carbocycles. The maximum absolute atomic E-state index is 13.9. The molecule has 2 aromatic rings. The van der Waals surface area contributed by atoms with Crippen LogP contribution in [-0.4, -0.2) is 29.9 Å². The maximum atomic E-state index is 13.9. The first-order valence-corrected chi connectivity index (χ1v) is 10.1. The average Bonchev–Trinajstić information content (AvgIpc) is 3.19. The number of hydrogen-bond acceptors (Lipinski definition) is 4. The van der Waals surface area contributed by atoms with Crippen molar-refractivity contribution in [2.24, 2.45) is 0 Å². The number of para-hydroxylation sites is 2. The van der Waals surface area contributed by atoms with Crippen LogP contribution in [0.15, 0.2) is 46.9 Å². The van der Waals surface area contributed by atoms with Crippen molar-refractivity contribution in [1.29, 1.82) is 0 Å². The number of hydrogen-bond donors (Lipinski definition) is 1. The van der Waals surface area contributed by atoms with E-state index >= 15 is 0 Å². The Bertz CT molecular complexity index is 1000. The van der Waals surface area contributed by atoms with Gasteiger partial charge in [-0.05, 0) is 43.2 Å². The Labute approximate surface area is 175 Å². The van der Waals surface area contributed by atoms with E-state index in [1.54, 1.807) is 24.3 Å². The number of ether oxygens (including phenoxy) is 1. The number of rotatable bonds is 3. The molecule has 0 saturated heterocycles. The monoisotopic (exact) mass is 460 g/mol. The van der Waals surface area contributed by atoms with E-state index in [9.17, 15) is 18.8 Å². The quantitative estimate of drug-likeness (QED) is 0.701. The Balaban J connectivity index is 1.60. The summed E-state index contributed by atoms with van der Waals surface area (Å²) >= 11 is 3.18. The number of nitrogens with one attached hydrogen (secondary N) is 1. The summed E-state index contributed by atoms with van der Waals surface area (Å²) in [7, 11) is 0. The Morgan fingerprint density at radius 3 is 2.66 bits per heavy atom. The van der Waals surface area contributed by atoms with E-state index in [0.717, 1.165) is 18.9 Å². The third-order valence-electron chi connectivity index (χ3n) is 5.40. The van der Waals surface area contributed by atoms with E-state index in [1.165, 1.54) is 17.0 Å². The van der Waals surface area contributed by atoms with Gasteiger partial charge in [0.15, 0.2) is 6.61 Å². The standard InChI is InChI=1S/C21H18BrFN2O4/c22-13-7-8-15(23)14(11-13)19(27)29-12-18(26)25-17-6-2-1-5-16(17)24-20(28)21(25)9-3-4-10-21/h1-2,5-8,11H,3-4,9-10,12H2,(H,24,28). The SMILES string of the molecule is O=C(OCC(=O)N1c2ccccc2NC(=O)C12CCCC2)c1cc(Br)ccc1F. The van der Waals surface area contributed by atoms with Gasteiger partial charge in [0.2, 0.25) is 0 Å². The van der Waals surface area contributed by atoms with E-state index in [1.807, 2.05) is 0 Å². The first-order valence-electron chi connectivity index (χ1n) is 9.28. The van der Waals surface area contributed by atoms with E-state index in [-0.39, 0.29) is 11.5 Å². The molecule has 1 aliphatic carbocycles. The lowest BCUT2D eigenvalue weighted by Crippen LogP contribution is -2.61. The molecule has 150 valence electrons. The number of amides is 2. The molecule has 0 bridgehead atoms. The lowest BCUT2D eigenvalue weighted by Gasteiger charge is -2.44. The van der Waals surface area contributed by atoms with E-state index < -0.39 is 29.8 Å². The predicted molar refractivity (Wildman–Crippen MR) is 108 cm³/mol. The number of carbonyl (C=O) groups is 3. The summed E-state index contributed by atoms with van der Waals surface area (Å²) in [6.45, 7) is -0.589. The van der Waals surface area contributed by atoms with Crippen LogP contribution >= 0.6 is 15.9 Å². The van der Waals surface area contributed by atoms with Crippen molar-refractivity contribution in [1.82, 2.24) is 0 Å². The molecule has 1 aliphatic heterocycles. The zero-order valence-electron chi connectivity index (χ0n) is 15.4. The van der Waals surface area contributed by atoms with Gasteiger partial charge in [-0.3, -0.25) is 14.5 Å². The Morgan fingerprint density at radius 1 is 1.17 bits per heavy atom. The van der Waals surface area contributed by atoms with Crippen LogP contribution in [0, 0.1) is 5.82 Å². The fourth-order valence-corrected chi connectivity index (χ4v) is 4.41. The lowest BCUT2D eigenvalue weighted by molar-refractivity contribution is -0.129. The Kier molecular flexibility index (Phi) is 5.12. The Hall–Kier alpha value is -2.74. The topological polar surface area (TPSA) is 75.7 Å². The van der Waals surface area contributed by atoms with Crippen molar-refractivity contribution >= 4 is 45.1 Å². The van der Waals surface area contributed by atoms with Gasteiger partial charge < -0.3 is 10.1 Å². The molecule has 1 heterocycles. The second kappa shape index (κ2) is 7.59. The molecule has 1 spiro atoms. The van der Waals surface area contributed by atoms with E-state index in [4.69, 9.17) is 4.74 Å². The van der Waals surface area contributed by atoms with Crippen LogP contribution in [0.3, 0.4) is 0 Å². The van der Waals surface area contributed by atoms with E-state index in [2.05, 4.69) is 21.2 Å². The summed E-state index contributed by atoms with van der Waals surface area (Å²) in [5.74, 6) is -2.42. The average molecular weight is 461 g/mol. The number of nitrogens with zero attached hydrogens (tertiary/aromatic N) is 1. The Morgan fingerprint density at radius 2 is 1.90 bits per heavy atom. The highest BCUT2D eigenvalue weighted by molar-refractivity contribution is 9.10. The van der Waals surface area contributed by atoms with Crippen molar-refractivity contribution in [2.45, 2.75) is 31.2 Å². The summed E-state index contributed by atoms with van der Waals surface area (Å²) in [4.78, 5) is 39.7. The van der Waals surface area contributed by atoms with Crippen LogP contribution in [0.2, 0.25) is 0 Å². The molecular formula is C21H18BrFN2O4. The smallest absolute Gasteiger partial charge is 0.341 e. The molecule has 1 saturated carbocycles. The summed E-state index contributed by atoms with van der Waals surface area (Å²) in [6, 6.07) is 10.9. The highest BCUT2D eigenvalue weighted by atomic mass is 79.9. The molecule has 0 aromatic heterocycles. The minimum absolute atomic E-state index is 0.230. The van der Waals surface area contributed by atoms with Crippen molar-refractivity contribution in [3.63, 3.8) is 0 Å². The third kappa shape index (κ3) is 3.42. The van der Waals surface area contributed by atoms with Crippen molar-refractivity contribution in [3.05, 3.63) is 58.3 Å². The molecule has 2 amide bonds. The molecule has 2 aliphatic rings. The van der Waals surface area contributed by atoms with Crippen LogP contribution < -0.4 is 10.2 Å². The molecular weight excluding hydrogens is 443 g/mol. The summed E-state index contributed by atoms with van der Waals surface area (Å²) in [6.07, 6.45) is 2.71. The van der Waals surface area contributed by atoms with Crippen molar-refractivity contribution < 1.29 is 23.5 Å². The fourth-order valence-electron chi connectivity index (χ4n) is 4.05. The molecule has 0 radical (unpaired) electrons. The van der Waals surface area contributed by atoms with Crippen LogP contribution in [-0.2, 0) is 14.3 Å². The van der Waals surface area contributed by atoms with Crippen LogP contribution in [0.4, 0.5) is 15.8 Å². The van der Waals surface area contributed by atoms with Gasteiger partial charge in [0, 0.05) is 4.47 Å². The zero-order chi connectivity index (χ0) is 20.6. The number of carbonyl (C=O) groups excluding carboxylic acids is 3. The van der Waals surface area contributed by atoms with Gasteiger partial charge in [0.1, 0.15) is 11.4 Å². The van der Waals surface area contributed by atoms with E-state index in [0.29, 0.717) is 28.7 Å². The van der Waals surface area contributed by atoms with Gasteiger partial charge in [-0.2, -0.15) is 0 Å². The molecule has 4 rings (SSSR count). The minimum Gasteiger partial charge on any atom is -0.452 e. The summed E-state index contributed by atoms with van der Waals surface area (Å²) in [5, 5.41) is 2.89. The summed E-state index contributed by atoms with van der Waals surface area (Å²) in [5.41, 5.74) is -0.144. The van der Waals surface area contributed by atoms with Gasteiger partial charge in [0.25, 0.3) is 11.8 Å². The molecule has 29 heavy (non-hydrogen) atoms. The highest BCUT2D eigenvalue weighted by Gasteiger charge is 2.52. The van der Waals surface area contributed by atoms with Gasteiger partial charge in [-0.15, -0.1) is 0 Å². The highest BCUT2D eigenvalue weighted by Crippen LogP contribution is 2.45. The predicted octanol–water partition coefficient (Wildman–Crippen LogP) is 4.04. The molecule has 0 unspecified atom stereocenters. The van der Waals surface area contributed by atoms with Crippen LogP contribution in [0.5, 0.6) is 0 Å². The number of halogens is 2. The van der Waals surface area contributed by atoms with Crippen LogP contribution in [0.1, 0.15) is 36.0 Å². The zero-order valence-corrected chi connectivity index (χ0v) is 17.0. The number of benzene rings is 2. The molecule has 1 N–H and O–H groups in total. The minimum atomic E-state index is -0.987. The molecule has 6 nitrogen and oxygen atoms in total. The van der Waals surface area contributed by atoms with Gasteiger partial charge in [0.05, 0.1) is 16.9 Å². The normalized spacial score (nSPS) is 17.0. The molecule has 1 fully saturated rings. The molecule has 0 atom stereocenters. The lowest BCUT2D eigenvalue weighted by atomic mass is 9.90. The number of anilines is 2. The third-order valence-corrected chi connectivity index (χ3v) is 5.89. The van der Waals surface area contributed by atoms with Gasteiger partial charge in [-0.1, -0.05) is 40.9 Å². The fraction of sp³-hybridized carbons (Fsp3) is 0.286. The molecule has 8 heteroatoms. The van der Waals surface area contributed by atoms with Crippen molar-refractivity contribution in [3.8, 4) is 0 Å². The van der Waals surface area contributed by atoms with Crippen LogP contribution in [0.25, 0.3) is 0 Å². The largest absolute Gasteiger partial charge is 0.452 e.